The highest BCUT2D eigenvalue weighted by Crippen LogP contribution is 2.27. The van der Waals surface area contributed by atoms with Crippen LogP contribution in [0, 0.1) is 24.4 Å². The van der Waals surface area contributed by atoms with Gasteiger partial charge < -0.3 is 5.11 Å². The first-order valence-corrected chi connectivity index (χ1v) is 5.38. The third-order valence-corrected chi connectivity index (χ3v) is 2.71. The number of rotatable bonds is 2. The van der Waals surface area contributed by atoms with Crippen molar-refractivity contribution in [3.05, 3.63) is 70.5 Å². The molecule has 0 amide bonds. The van der Waals surface area contributed by atoms with Gasteiger partial charge in [-0.3, -0.25) is 0 Å². The van der Waals surface area contributed by atoms with Crippen LogP contribution < -0.4 is 0 Å². The molecule has 4 heteroatoms. The van der Waals surface area contributed by atoms with E-state index in [4.69, 9.17) is 0 Å². The lowest BCUT2D eigenvalue weighted by Crippen LogP contribution is -2.05. The van der Waals surface area contributed by atoms with Crippen LogP contribution in [0.2, 0.25) is 0 Å². The molecular weight excluding hydrogens is 241 g/mol. The highest BCUT2D eigenvalue weighted by Gasteiger charge is 2.18. The van der Waals surface area contributed by atoms with Gasteiger partial charge in [0.1, 0.15) is 23.6 Å². The molecule has 0 fully saturated rings. The number of halogens is 3. The second kappa shape index (κ2) is 4.82. The number of aryl methyl sites for hydroxylation is 1. The van der Waals surface area contributed by atoms with Crippen molar-refractivity contribution in [1.82, 2.24) is 0 Å². The van der Waals surface area contributed by atoms with Gasteiger partial charge in [-0.2, -0.15) is 0 Å². The number of aliphatic hydroxyl groups excluding tert-OH is 1. The first kappa shape index (κ1) is 12.6. The fourth-order valence-corrected chi connectivity index (χ4v) is 1.74. The molecule has 0 radical (unpaired) electrons. The average Bonchev–Trinajstić information content (AvgIpc) is 2.28. The fraction of sp³-hybridized carbons (Fsp3) is 0.143. The maximum atomic E-state index is 13.6. The summed E-state index contributed by atoms with van der Waals surface area (Å²) < 4.78 is 39.9. The van der Waals surface area contributed by atoms with Crippen molar-refractivity contribution in [2.24, 2.45) is 0 Å². The normalized spacial score (nSPS) is 12.5. The minimum absolute atomic E-state index is 0.0360. The molecule has 0 saturated carbocycles. The van der Waals surface area contributed by atoms with Crippen LogP contribution in [0.15, 0.2) is 36.4 Å². The molecule has 1 unspecified atom stereocenters. The lowest BCUT2D eigenvalue weighted by Gasteiger charge is -2.13. The van der Waals surface area contributed by atoms with Gasteiger partial charge in [-0.05, 0) is 24.6 Å². The number of hydrogen-bond donors (Lipinski definition) is 1. The van der Waals surface area contributed by atoms with Crippen molar-refractivity contribution >= 4 is 0 Å². The van der Waals surface area contributed by atoms with Crippen molar-refractivity contribution in [1.29, 1.82) is 0 Å². The van der Waals surface area contributed by atoms with Crippen LogP contribution in [-0.4, -0.2) is 5.11 Å². The molecule has 2 aromatic rings. The van der Waals surface area contributed by atoms with Crippen molar-refractivity contribution in [2.75, 3.05) is 0 Å². The van der Waals surface area contributed by atoms with Gasteiger partial charge >= 0.3 is 0 Å². The van der Waals surface area contributed by atoms with Crippen LogP contribution in [0.4, 0.5) is 13.2 Å². The van der Waals surface area contributed by atoms with Crippen LogP contribution in [-0.2, 0) is 0 Å². The van der Waals surface area contributed by atoms with E-state index in [1.165, 1.54) is 12.1 Å². The van der Waals surface area contributed by atoms with Gasteiger partial charge in [0, 0.05) is 17.2 Å². The van der Waals surface area contributed by atoms with Gasteiger partial charge in [-0.1, -0.05) is 18.2 Å². The van der Waals surface area contributed by atoms with Gasteiger partial charge in [-0.25, -0.2) is 13.2 Å². The smallest absolute Gasteiger partial charge is 0.132 e. The summed E-state index contributed by atoms with van der Waals surface area (Å²) in [5.41, 5.74) is 0.508. The molecule has 0 aromatic heterocycles. The Kier molecular flexibility index (Phi) is 3.39. The van der Waals surface area contributed by atoms with E-state index in [-0.39, 0.29) is 11.1 Å². The maximum absolute atomic E-state index is 13.6. The lowest BCUT2D eigenvalue weighted by molar-refractivity contribution is 0.209. The number of benzene rings is 2. The summed E-state index contributed by atoms with van der Waals surface area (Å²) in [6.45, 7) is 1.71. The van der Waals surface area contributed by atoms with E-state index >= 15 is 0 Å². The Hall–Kier alpha value is -1.81. The molecular formula is C14H11F3O. The van der Waals surface area contributed by atoms with Crippen LogP contribution in [0.1, 0.15) is 22.8 Å². The Morgan fingerprint density at radius 2 is 1.44 bits per heavy atom. The molecule has 1 atom stereocenters. The molecule has 0 aliphatic rings. The van der Waals surface area contributed by atoms with Crippen LogP contribution >= 0.6 is 0 Å². The first-order chi connectivity index (χ1) is 8.49. The van der Waals surface area contributed by atoms with Crippen molar-refractivity contribution < 1.29 is 18.3 Å². The molecule has 0 aliphatic heterocycles. The van der Waals surface area contributed by atoms with E-state index < -0.39 is 23.6 Å². The Bertz CT molecular complexity index is 530. The Morgan fingerprint density at radius 3 is 2.00 bits per heavy atom. The van der Waals surface area contributed by atoms with E-state index in [1.54, 1.807) is 13.0 Å². The monoisotopic (exact) mass is 252 g/mol. The average molecular weight is 252 g/mol. The molecule has 1 N–H and O–H groups in total. The van der Waals surface area contributed by atoms with E-state index in [0.717, 1.165) is 12.1 Å². The summed E-state index contributed by atoms with van der Waals surface area (Å²) in [7, 11) is 0. The van der Waals surface area contributed by atoms with Crippen LogP contribution in [0.5, 0.6) is 0 Å². The number of aliphatic hydroxyl groups is 1. The zero-order valence-electron chi connectivity index (χ0n) is 9.62. The van der Waals surface area contributed by atoms with Gasteiger partial charge in [0.15, 0.2) is 0 Å². The summed E-state index contributed by atoms with van der Waals surface area (Å²) in [5.74, 6) is -2.26. The molecule has 18 heavy (non-hydrogen) atoms. The fourth-order valence-electron chi connectivity index (χ4n) is 1.74. The number of hydrogen-bond acceptors (Lipinski definition) is 1. The Balaban J connectivity index is 2.44. The molecule has 1 nitrogen and oxygen atoms in total. The van der Waals surface area contributed by atoms with Crippen molar-refractivity contribution in [3.8, 4) is 0 Å². The quantitative estimate of drug-likeness (QED) is 0.867. The highest BCUT2D eigenvalue weighted by atomic mass is 19.1. The van der Waals surface area contributed by atoms with Crippen molar-refractivity contribution in [2.45, 2.75) is 13.0 Å². The van der Waals surface area contributed by atoms with E-state index in [1.807, 2.05) is 0 Å². The molecule has 0 spiro atoms. The summed E-state index contributed by atoms with van der Waals surface area (Å²) in [6.07, 6.45) is -1.45. The summed E-state index contributed by atoms with van der Waals surface area (Å²) in [4.78, 5) is 0. The summed E-state index contributed by atoms with van der Waals surface area (Å²) in [5, 5.41) is 9.93. The summed E-state index contributed by atoms with van der Waals surface area (Å²) in [6, 6.07) is 7.04. The third-order valence-electron chi connectivity index (χ3n) is 2.71. The predicted octanol–water partition coefficient (Wildman–Crippen LogP) is 3.49. The predicted molar refractivity (Wildman–Crippen MR) is 61.6 cm³/mol. The van der Waals surface area contributed by atoms with Gasteiger partial charge in [-0.15, -0.1) is 0 Å². The van der Waals surface area contributed by atoms with Gasteiger partial charge in [0.2, 0.25) is 0 Å². The topological polar surface area (TPSA) is 20.2 Å². The van der Waals surface area contributed by atoms with Gasteiger partial charge in [0.25, 0.3) is 0 Å². The first-order valence-electron chi connectivity index (χ1n) is 5.38. The molecule has 0 heterocycles. The molecule has 94 valence electrons. The van der Waals surface area contributed by atoms with Crippen LogP contribution in [0.25, 0.3) is 0 Å². The zero-order chi connectivity index (χ0) is 13.3. The minimum atomic E-state index is -1.45. The minimum Gasteiger partial charge on any atom is -0.383 e. The van der Waals surface area contributed by atoms with E-state index in [9.17, 15) is 18.3 Å². The second-order valence-electron chi connectivity index (χ2n) is 4.09. The third kappa shape index (κ3) is 2.38. The van der Waals surface area contributed by atoms with E-state index in [2.05, 4.69) is 0 Å². The molecule has 2 aromatic carbocycles. The standard InChI is InChI=1S/C14H11F3O/c1-8-2-4-10(12(16)6-8)14(18)11-5-3-9(15)7-13(11)17/h2-7,14,18H,1H3. The second-order valence-corrected chi connectivity index (χ2v) is 4.09. The summed E-state index contributed by atoms with van der Waals surface area (Å²) >= 11 is 0. The SMILES string of the molecule is Cc1ccc(C(O)c2ccc(F)cc2F)c(F)c1. The highest BCUT2D eigenvalue weighted by molar-refractivity contribution is 5.33. The maximum Gasteiger partial charge on any atom is 0.132 e. The molecule has 2 rings (SSSR count). The largest absolute Gasteiger partial charge is 0.383 e. The Labute approximate surface area is 103 Å². The van der Waals surface area contributed by atoms with Crippen LogP contribution in [0.3, 0.4) is 0 Å². The molecule has 0 saturated heterocycles. The molecule has 0 bridgehead atoms. The van der Waals surface area contributed by atoms with Gasteiger partial charge in [0.05, 0.1) is 0 Å². The zero-order valence-corrected chi connectivity index (χ0v) is 9.62. The Morgan fingerprint density at radius 1 is 0.889 bits per heavy atom. The van der Waals surface area contributed by atoms with E-state index in [0.29, 0.717) is 11.6 Å². The molecule has 0 aliphatic carbocycles. The lowest BCUT2D eigenvalue weighted by atomic mass is 9.99. The van der Waals surface area contributed by atoms with Crippen molar-refractivity contribution in [3.63, 3.8) is 0 Å².